The highest BCUT2D eigenvalue weighted by atomic mass is 127. The highest BCUT2D eigenvalue weighted by Gasteiger charge is 2.07. The van der Waals surface area contributed by atoms with Crippen LogP contribution in [0.3, 0.4) is 0 Å². The van der Waals surface area contributed by atoms with E-state index >= 15 is 0 Å². The maximum atomic E-state index is 13.2. The van der Waals surface area contributed by atoms with Gasteiger partial charge in [0, 0.05) is 27.2 Å². The molecule has 0 saturated heterocycles. The van der Waals surface area contributed by atoms with Gasteiger partial charge in [-0.25, -0.2) is 4.39 Å². The molecule has 1 aromatic rings. The summed E-state index contributed by atoms with van der Waals surface area (Å²) in [5.41, 5.74) is 0.942. The van der Waals surface area contributed by atoms with E-state index in [9.17, 15) is 4.39 Å². The third-order valence-corrected chi connectivity index (χ3v) is 3.96. The summed E-state index contributed by atoms with van der Waals surface area (Å²) in [6, 6.07) is 6.69. The Morgan fingerprint density at radius 1 is 1.21 bits per heavy atom. The summed E-state index contributed by atoms with van der Waals surface area (Å²) in [7, 11) is 3.75. The standard InChI is InChI=1S/C18H31FN4.HI/c1-5-23(6-2)13-8-7-12-21-18(20-3)22(4)15-16-10-9-11-17(19)14-16;/h9-11,14H,5-8,12-13,15H2,1-4H3,(H,20,21);1H. The van der Waals surface area contributed by atoms with E-state index in [0.29, 0.717) is 6.54 Å². The Hall–Kier alpha value is -0.890. The first-order valence-corrected chi connectivity index (χ1v) is 8.49. The molecule has 24 heavy (non-hydrogen) atoms. The van der Waals surface area contributed by atoms with E-state index in [1.165, 1.54) is 12.5 Å². The first-order valence-electron chi connectivity index (χ1n) is 8.49. The molecule has 0 bridgehead atoms. The fourth-order valence-corrected chi connectivity index (χ4v) is 2.57. The fraction of sp³-hybridized carbons (Fsp3) is 0.611. The van der Waals surface area contributed by atoms with Crippen LogP contribution in [0.1, 0.15) is 32.3 Å². The Morgan fingerprint density at radius 3 is 2.50 bits per heavy atom. The average Bonchev–Trinajstić information content (AvgIpc) is 2.54. The molecule has 138 valence electrons. The smallest absolute Gasteiger partial charge is 0.193 e. The Morgan fingerprint density at radius 2 is 1.92 bits per heavy atom. The van der Waals surface area contributed by atoms with Crippen LogP contribution >= 0.6 is 24.0 Å². The zero-order valence-electron chi connectivity index (χ0n) is 15.4. The number of nitrogens with one attached hydrogen (secondary N) is 1. The van der Waals surface area contributed by atoms with Crippen LogP contribution in [0.4, 0.5) is 4.39 Å². The van der Waals surface area contributed by atoms with Gasteiger partial charge in [0.2, 0.25) is 0 Å². The number of halogens is 2. The van der Waals surface area contributed by atoms with Crippen LogP contribution in [-0.4, -0.2) is 56.0 Å². The van der Waals surface area contributed by atoms with Crippen molar-refractivity contribution >= 4 is 29.9 Å². The van der Waals surface area contributed by atoms with Crippen LogP contribution in [-0.2, 0) is 6.54 Å². The van der Waals surface area contributed by atoms with E-state index < -0.39 is 0 Å². The second-order valence-electron chi connectivity index (χ2n) is 5.69. The van der Waals surface area contributed by atoms with E-state index in [1.807, 2.05) is 18.0 Å². The van der Waals surface area contributed by atoms with Crippen molar-refractivity contribution < 1.29 is 4.39 Å². The van der Waals surface area contributed by atoms with Crippen LogP contribution in [0.2, 0.25) is 0 Å². The lowest BCUT2D eigenvalue weighted by atomic mass is 10.2. The van der Waals surface area contributed by atoms with Gasteiger partial charge in [-0.05, 0) is 50.2 Å². The number of nitrogens with zero attached hydrogens (tertiary/aromatic N) is 3. The second-order valence-corrected chi connectivity index (χ2v) is 5.69. The van der Waals surface area contributed by atoms with Gasteiger partial charge in [-0.15, -0.1) is 24.0 Å². The van der Waals surface area contributed by atoms with Gasteiger partial charge in [-0.1, -0.05) is 26.0 Å². The molecule has 0 saturated carbocycles. The number of benzene rings is 1. The highest BCUT2D eigenvalue weighted by Crippen LogP contribution is 2.06. The predicted molar refractivity (Wildman–Crippen MR) is 112 cm³/mol. The first kappa shape index (κ1) is 23.1. The second kappa shape index (κ2) is 13.4. The van der Waals surface area contributed by atoms with Gasteiger partial charge in [0.1, 0.15) is 5.82 Å². The molecule has 0 aromatic heterocycles. The number of guanidine groups is 1. The van der Waals surface area contributed by atoms with Gasteiger partial charge in [-0.2, -0.15) is 0 Å². The molecular weight excluding hydrogens is 418 g/mol. The predicted octanol–water partition coefficient (Wildman–Crippen LogP) is 3.57. The minimum atomic E-state index is -0.199. The van der Waals surface area contributed by atoms with E-state index in [-0.39, 0.29) is 29.8 Å². The summed E-state index contributed by atoms with van der Waals surface area (Å²) in [5, 5.41) is 3.38. The van der Waals surface area contributed by atoms with Crippen molar-refractivity contribution in [2.45, 2.75) is 33.2 Å². The maximum Gasteiger partial charge on any atom is 0.193 e. The van der Waals surface area contributed by atoms with Gasteiger partial charge in [0.25, 0.3) is 0 Å². The Balaban J connectivity index is 0.00000529. The third kappa shape index (κ3) is 8.82. The van der Waals surface area contributed by atoms with Crippen molar-refractivity contribution in [2.24, 2.45) is 4.99 Å². The summed E-state index contributed by atoms with van der Waals surface area (Å²) >= 11 is 0. The van der Waals surface area contributed by atoms with Crippen LogP contribution in [0, 0.1) is 5.82 Å². The lowest BCUT2D eigenvalue weighted by Crippen LogP contribution is -2.39. The molecule has 0 unspecified atom stereocenters. The fourth-order valence-electron chi connectivity index (χ4n) is 2.57. The van der Waals surface area contributed by atoms with Crippen molar-refractivity contribution in [1.82, 2.24) is 15.1 Å². The molecule has 0 amide bonds. The van der Waals surface area contributed by atoms with Crippen LogP contribution in [0.15, 0.2) is 29.3 Å². The average molecular weight is 450 g/mol. The topological polar surface area (TPSA) is 30.9 Å². The van der Waals surface area contributed by atoms with Crippen LogP contribution < -0.4 is 5.32 Å². The molecule has 0 aliphatic heterocycles. The number of hydrogen-bond donors (Lipinski definition) is 1. The number of hydrogen-bond acceptors (Lipinski definition) is 2. The summed E-state index contributed by atoms with van der Waals surface area (Å²) in [5.74, 6) is 0.646. The zero-order chi connectivity index (χ0) is 17.1. The van der Waals surface area contributed by atoms with Gasteiger partial charge >= 0.3 is 0 Å². The van der Waals surface area contributed by atoms with Gasteiger partial charge in [0.05, 0.1) is 0 Å². The van der Waals surface area contributed by atoms with Crippen molar-refractivity contribution in [3.05, 3.63) is 35.6 Å². The van der Waals surface area contributed by atoms with E-state index in [1.54, 1.807) is 19.2 Å². The van der Waals surface area contributed by atoms with Crippen molar-refractivity contribution in [1.29, 1.82) is 0 Å². The normalized spacial score (nSPS) is 11.3. The molecule has 0 aliphatic carbocycles. The minimum Gasteiger partial charge on any atom is -0.356 e. The Bertz CT molecular complexity index is 478. The largest absolute Gasteiger partial charge is 0.356 e. The molecule has 1 rings (SSSR count). The van der Waals surface area contributed by atoms with Gasteiger partial charge in [-0.3, -0.25) is 4.99 Å². The lowest BCUT2D eigenvalue weighted by molar-refractivity contribution is 0.297. The molecule has 0 spiro atoms. The molecule has 0 atom stereocenters. The summed E-state index contributed by atoms with van der Waals surface area (Å²) < 4.78 is 13.2. The highest BCUT2D eigenvalue weighted by molar-refractivity contribution is 14.0. The minimum absolute atomic E-state index is 0. The first-order chi connectivity index (χ1) is 11.1. The zero-order valence-corrected chi connectivity index (χ0v) is 17.7. The maximum absolute atomic E-state index is 13.2. The molecule has 0 aliphatic rings. The van der Waals surface area contributed by atoms with E-state index in [2.05, 4.69) is 29.1 Å². The molecular formula is C18H32FIN4. The Labute approximate surface area is 163 Å². The quantitative estimate of drug-likeness (QED) is 0.270. The van der Waals surface area contributed by atoms with Crippen molar-refractivity contribution in [2.75, 3.05) is 40.3 Å². The molecule has 4 nitrogen and oxygen atoms in total. The Kier molecular flexibility index (Phi) is 12.9. The van der Waals surface area contributed by atoms with Crippen LogP contribution in [0.25, 0.3) is 0 Å². The van der Waals surface area contributed by atoms with E-state index in [4.69, 9.17) is 0 Å². The number of rotatable bonds is 9. The molecule has 0 radical (unpaired) electrons. The van der Waals surface area contributed by atoms with Gasteiger partial charge < -0.3 is 15.1 Å². The summed E-state index contributed by atoms with van der Waals surface area (Å²) in [6.07, 6.45) is 2.29. The number of aliphatic imine (C=N–C) groups is 1. The van der Waals surface area contributed by atoms with E-state index in [0.717, 1.165) is 44.1 Å². The summed E-state index contributed by atoms with van der Waals surface area (Å²) in [4.78, 5) is 8.75. The molecule has 0 fully saturated rings. The van der Waals surface area contributed by atoms with Crippen molar-refractivity contribution in [3.8, 4) is 0 Å². The molecule has 0 heterocycles. The third-order valence-electron chi connectivity index (χ3n) is 3.96. The molecule has 1 N–H and O–H groups in total. The monoisotopic (exact) mass is 450 g/mol. The molecule has 6 heteroatoms. The van der Waals surface area contributed by atoms with Crippen LogP contribution in [0.5, 0.6) is 0 Å². The SMILES string of the molecule is CCN(CC)CCCCNC(=NC)N(C)Cc1cccc(F)c1.I. The molecule has 1 aromatic carbocycles. The summed E-state index contributed by atoms with van der Waals surface area (Å²) in [6.45, 7) is 9.31. The lowest BCUT2D eigenvalue weighted by Gasteiger charge is -2.22. The number of unbranched alkanes of at least 4 members (excludes halogenated alkanes) is 1. The van der Waals surface area contributed by atoms with Gasteiger partial charge in [0.15, 0.2) is 5.96 Å². The van der Waals surface area contributed by atoms with Crippen molar-refractivity contribution in [3.63, 3.8) is 0 Å².